The lowest BCUT2D eigenvalue weighted by Gasteiger charge is -2.08. The molecule has 1 heterocycles. The molecule has 0 radical (unpaired) electrons. The molecule has 2 amide bonds. The van der Waals surface area contributed by atoms with Crippen LogP contribution in [-0.4, -0.2) is 41.4 Å². The van der Waals surface area contributed by atoms with E-state index in [-0.39, 0.29) is 5.75 Å². The summed E-state index contributed by atoms with van der Waals surface area (Å²) in [5.74, 6) is -5.78. The maximum absolute atomic E-state index is 13.4. The standard InChI is InChI=1S/C13H12F3N5O2S2/c1-17-12-20-21-13(25-12)24-5-9(23)18-4-8(22)19-7-3-2-6(14)10(15)11(7)16/h2-3H,4-5H2,1H3,(H,17,20)(H,18,23)(H,19,22). The number of nitrogens with one attached hydrogen (secondary N) is 3. The van der Waals surface area contributed by atoms with Gasteiger partial charge in [0.25, 0.3) is 0 Å². The minimum atomic E-state index is -1.68. The van der Waals surface area contributed by atoms with Crippen molar-refractivity contribution in [2.75, 3.05) is 30.0 Å². The van der Waals surface area contributed by atoms with Crippen LogP contribution in [0.15, 0.2) is 16.5 Å². The Balaban J connectivity index is 1.77. The summed E-state index contributed by atoms with van der Waals surface area (Å²) in [4.78, 5) is 23.3. The number of aromatic nitrogens is 2. The molecule has 134 valence electrons. The van der Waals surface area contributed by atoms with Crippen molar-refractivity contribution >= 4 is 45.7 Å². The molecule has 0 aliphatic carbocycles. The van der Waals surface area contributed by atoms with Crippen molar-refractivity contribution in [2.24, 2.45) is 0 Å². The van der Waals surface area contributed by atoms with E-state index in [1.165, 1.54) is 11.3 Å². The molecular weight excluding hydrogens is 379 g/mol. The molecule has 7 nitrogen and oxygen atoms in total. The van der Waals surface area contributed by atoms with E-state index in [2.05, 4.69) is 20.8 Å². The van der Waals surface area contributed by atoms with Crippen LogP contribution in [0, 0.1) is 17.5 Å². The summed E-state index contributed by atoms with van der Waals surface area (Å²) in [6, 6.07) is 1.57. The predicted molar refractivity (Wildman–Crippen MR) is 88.1 cm³/mol. The summed E-state index contributed by atoms with van der Waals surface area (Å²) in [5, 5.41) is 15.4. The van der Waals surface area contributed by atoms with Crippen LogP contribution < -0.4 is 16.0 Å². The normalized spacial score (nSPS) is 10.4. The minimum absolute atomic E-state index is 0.00512. The summed E-state index contributed by atoms with van der Waals surface area (Å²) in [5.41, 5.74) is -0.513. The second-order valence-electron chi connectivity index (χ2n) is 4.46. The molecule has 12 heteroatoms. The zero-order valence-electron chi connectivity index (χ0n) is 12.7. The van der Waals surface area contributed by atoms with E-state index in [0.29, 0.717) is 15.5 Å². The molecule has 3 N–H and O–H groups in total. The predicted octanol–water partition coefficient (Wildman–Crippen LogP) is 1.84. The van der Waals surface area contributed by atoms with Crippen molar-refractivity contribution in [3.63, 3.8) is 0 Å². The number of hydrogen-bond acceptors (Lipinski definition) is 7. The van der Waals surface area contributed by atoms with E-state index in [9.17, 15) is 22.8 Å². The summed E-state index contributed by atoms with van der Waals surface area (Å²) in [6.45, 7) is -0.449. The molecule has 2 rings (SSSR count). The van der Waals surface area contributed by atoms with Gasteiger partial charge in [0.15, 0.2) is 21.8 Å². The molecule has 0 spiro atoms. The van der Waals surface area contributed by atoms with Crippen LogP contribution in [-0.2, 0) is 9.59 Å². The van der Waals surface area contributed by atoms with Crippen LogP contribution in [0.5, 0.6) is 0 Å². The molecule has 2 aromatic rings. The maximum Gasteiger partial charge on any atom is 0.243 e. The van der Waals surface area contributed by atoms with Gasteiger partial charge >= 0.3 is 0 Å². The highest BCUT2D eigenvalue weighted by atomic mass is 32.2. The molecule has 0 atom stereocenters. The van der Waals surface area contributed by atoms with Crippen molar-refractivity contribution in [2.45, 2.75) is 4.34 Å². The molecule has 1 aromatic heterocycles. The van der Waals surface area contributed by atoms with Gasteiger partial charge in [-0.05, 0) is 12.1 Å². The van der Waals surface area contributed by atoms with Gasteiger partial charge in [0, 0.05) is 7.05 Å². The van der Waals surface area contributed by atoms with Gasteiger partial charge in [0.1, 0.15) is 0 Å². The average molecular weight is 391 g/mol. The topological polar surface area (TPSA) is 96.0 Å². The molecule has 1 aromatic carbocycles. The quantitative estimate of drug-likeness (QED) is 0.492. The van der Waals surface area contributed by atoms with Crippen molar-refractivity contribution in [1.29, 1.82) is 0 Å². The highest BCUT2D eigenvalue weighted by molar-refractivity contribution is 8.01. The van der Waals surface area contributed by atoms with Crippen LogP contribution >= 0.6 is 23.1 Å². The lowest BCUT2D eigenvalue weighted by molar-refractivity contribution is -0.122. The van der Waals surface area contributed by atoms with Gasteiger partial charge < -0.3 is 16.0 Å². The molecule has 0 fully saturated rings. The molecule has 0 saturated heterocycles. The molecule has 0 saturated carbocycles. The van der Waals surface area contributed by atoms with Gasteiger partial charge in [0.2, 0.25) is 16.9 Å². The SMILES string of the molecule is CNc1nnc(SCC(=O)NCC(=O)Nc2ccc(F)c(F)c2F)s1. The molecule has 0 unspecified atom stereocenters. The van der Waals surface area contributed by atoms with Crippen molar-refractivity contribution in [3.8, 4) is 0 Å². The monoisotopic (exact) mass is 391 g/mol. The lowest BCUT2D eigenvalue weighted by atomic mass is 10.2. The van der Waals surface area contributed by atoms with Crippen LogP contribution in [0.2, 0.25) is 0 Å². The second kappa shape index (κ2) is 8.67. The fourth-order valence-electron chi connectivity index (χ4n) is 1.54. The van der Waals surface area contributed by atoms with E-state index in [4.69, 9.17) is 0 Å². The van der Waals surface area contributed by atoms with Crippen LogP contribution in [0.3, 0.4) is 0 Å². The van der Waals surface area contributed by atoms with E-state index in [1.807, 2.05) is 5.32 Å². The number of carbonyl (C=O) groups is 2. The summed E-state index contributed by atoms with van der Waals surface area (Å²) in [7, 11) is 1.69. The molecule has 0 aliphatic heterocycles. The first-order chi connectivity index (χ1) is 11.9. The second-order valence-corrected chi connectivity index (χ2v) is 6.66. The van der Waals surface area contributed by atoms with E-state index in [0.717, 1.165) is 17.8 Å². The van der Waals surface area contributed by atoms with Crippen LogP contribution in [0.4, 0.5) is 24.0 Å². The Labute approximate surface area is 148 Å². The number of nitrogens with zero attached hydrogens (tertiary/aromatic N) is 2. The Bertz CT molecular complexity index is 787. The van der Waals surface area contributed by atoms with E-state index >= 15 is 0 Å². The number of anilines is 2. The molecule has 0 aliphatic rings. The Kier molecular flexibility index (Phi) is 6.58. The third-order valence-electron chi connectivity index (χ3n) is 2.70. The fourth-order valence-corrected chi connectivity index (χ4v) is 3.08. The number of rotatable bonds is 7. The van der Waals surface area contributed by atoms with E-state index in [1.54, 1.807) is 7.05 Å². The Hall–Kier alpha value is -2.34. The number of benzene rings is 1. The number of amides is 2. The summed E-state index contributed by atoms with van der Waals surface area (Å²) >= 11 is 2.40. The van der Waals surface area contributed by atoms with Crippen molar-refractivity contribution < 1.29 is 22.8 Å². The Morgan fingerprint density at radius 3 is 2.60 bits per heavy atom. The first-order valence-corrected chi connectivity index (χ1v) is 8.55. The van der Waals surface area contributed by atoms with Gasteiger partial charge in [-0.25, -0.2) is 13.2 Å². The van der Waals surface area contributed by atoms with E-state index < -0.39 is 41.5 Å². The van der Waals surface area contributed by atoms with Crippen LogP contribution in [0.25, 0.3) is 0 Å². The molecule has 0 bridgehead atoms. The highest BCUT2D eigenvalue weighted by Gasteiger charge is 2.15. The first-order valence-electron chi connectivity index (χ1n) is 6.74. The number of thioether (sulfide) groups is 1. The minimum Gasteiger partial charge on any atom is -0.363 e. The number of carbonyl (C=O) groups excluding carboxylic acids is 2. The molecule has 25 heavy (non-hydrogen) atoms. The largest absolute Gasteiger partial charge is 0.363 e. The van der Waals surface area contributed by atoms with Gasteiger partial charge in [0.05, 0.1) is 18.0 Å². The van der Waals surface area contributed by atoms with Gasteiger partial charge in [-0.3, -0.25) is 9.59 Å². The highest BCUT2D eigenvalue weighted by Crippen LogP contribution is 2.24. The fraction of sp³-hybridized carbons (Fsp3) is 0.231. The Morgan fingerprint density at radius 2 is 1.92 bits per heavy atom. The van der Waals surface area contributed by atoms with Gasteiger partial charge in [-0.1, -0.05) is 23.1 Å². The summed E-state index contributed by atoms with van der Waals surface area (Å²) < 4.78 is 39.9. The van der Waals surface area contributed by atoms with Crippen LogP contribution in [0.1, 0.15) is 0 Å². The third kappa shape index (κ3) is 5.32. The number of hydrogen-bond donors (Lipinski definition) is 3. The van der Waals surface area contributed by atoms with Gasteiger partial charge in [-0.15, -0.1) is 10.2 Å². The van der Waals surface area contributed by atoms with Crippen molar-refractivity contribution in [3.05, 3.63) is 29.6 Å². The maximum atomic E-state index is 13.4. The first kappa shape index (κ1) is 19.0. The third-order valence-corrected chi connectivity index (χ3v) is 4.78. The molecular formula is C13H12F3N5O2S2. The zero-order chi connectivity index (χ0) is 18.4. The zero-order valence-corrected chi connectivity index (χ0v) is 14.4. The van der Waals surface area contributed by atoms with Crippen molar-refractivity contribution in [1.82, 2.24) is 15.5 Å². The summed E-state index contributed by atoms with van der Waals surface area (Å²) in [6.07, 6.45) is 0. The Morgan fingerprint density at radius 1 is 1.16 bits per heavy atom. The van der Waals surface area contributed by atoms with Gasteiger partial charge in [-0.2, -0.15) is 0 Å². The number of halogens is 3. The smallest absolute Gasteiger partial charge is 0.243 e. The average Bonchev–Trinajstić information content (AvgIpc) is 3.07. The lowest BCUT2D eigenvalue weighted by Crippen LogP contribution is -2.34.